The quantitative estimate of drug-likeness (QED) is 0.614. The van der Waals surface area contributed by atoms with Crippen LogP contribution in [0.1, 0.15) is 6.42 Å². The summed E-state index contributed by atoms with van der Waals surface area (Å²) in [6.07, 6.45) is 0.917. The molecule has 4 nitrogen and oxygen atoms in total. The van der Waals surface area contributed by atoms with Crippen LogP contribution in [0.5, 0.6) is 0 Å². The third-order valence-electron chi connectivity index (χ3n) is 5.27. The summed E-state index contributed by atoms with van der Waals surface area (Å²) < 4.78 is -0.326. The fourth-order valence-electron chi connectivity index (χ4n) is 3.76. The summed E-state index contributed by atoms with van der Waals surface area (Å²) in [4.78, 5) is 7.04. The van der Waals surface area contributed by atoms with Crippen LogP contribution in [0.4, 0.5) is 11.4 Å². The number of likely N-dealkylation sites (N-methyl/N-ethyl adjacent to an activating group) is 1. The second-order valence-corrected chi connectivity index (χ2v) is 8.08. The first-order chi connectivity index (χ1) is 12.2. The second kappa shape index (κ2) is 7.09. The maximum absolute atomic E-state index is 14.0. The Morgan fingerprint density at radius 2 is 1.48 bits per heavy atom. The second-order valence-electron chi connectivity index (χ2n) is 7.00. The van der Waals surface area contributed by atoms with Crippen LogP contribution < -0.4 is 4.65 Å². The summed E-state index contributed by atoms with van der Waals surface area (Å²) in [5.74, 6) is 0. The number of hydroxylamine groups is 1. The molecule has 0 saturated carbocycles. The van der Waals surface area contributed by atoms with Crippen LogP contribution in [0.25, 0.3) is 0 Å². The van der Waals surface area contributed by atoms with E-state index in [9.17, 15) is 5.21 Å². The molecule has 0 unspecified atom stereocenters. The zero-order valence-corrected chi connectivity index (χ0v) is 15.5. The van der Waals surface area contributed by atoms with E-state index in [-0.39, 0.29) is 4.65 Å². The highest BCUT2D eigenvalue weighted by Gasteiger charge is 2.34. The van der Waals surface area contributed by atoms with Gasteiger partial charge in [-0.25, -0.2) is 0 Å². The summed E-state index contributed by atoms with van der Waals surface area (Å²) in [7, 11) is 2.18. The fourth-order valence-corrected chi connectivity index (χ4v) is 4.93. The molecule has 0 radical (unpaired) electrons. The lowest BCUT2D eigenvalue weighted by molar-refractivity contribution is 0.151. The van der Waals surface area contributed by atoms with Crippen LogP contribution in [0.15, 0.2) is 58.3 Å². The Balaban J connectivity index is 1.53. The number of para-hydroxylation sites is 2. The molecule has 4 rings (SSSR count). The first kappa shape index (κ1) is 17.1. The third-order valence-corrected chi connectivity index (χ3v) is 6.40. The highest BCUT2D eigenvalue weighted by molar-refractivity contribution is 7.99. The molecule has 2 aromatic rings. The molecule has 1 fully saturated rings. The Hall–Kier alpha value is -1.37. The summed E-state index contributed by atoms with van der Waals surface area (Å²) in [6, 6.07) is 16.2. The standard InChI is InChI=1S/C20H25N3OS/c1-21-12-14-22(15-13-21)11-6-16-23(24)17-7-2-4-9-19(17)25-20-10-5-3-8-18(20)23/h2-5,7-10H,6,11-16H2,1H3. The van der Waals surface area contributed by atoms with Crippen molar-refractivity contribution in [2.45, 2.75) is 16.2 Å². The zero-order valence-electron chi connectivity index (χ0n) is 14.7. The van der Waals surface area contributed by atoms with Crippen LogP contribution in [0.2, 0.25) is 0 Å². The van der Waals surface area contributed by atoms with Gasteiger partial charge in [0, 0.05) is 51.3 Å². The molecular formula is C20H25N3OS. The molecular weight excluding hydrogens is 330 g/mol. The summed E-state index contributed by atoms with van der Waals surface area (Å²) in [5, 5.41) is 14.0. The molecule has 2 aromatic carbocycles. The van der Waals surface area contributed by atoms with Crippen molar-refractivity contribution < 1.29 is 0 Å². The van der Waals surface area contributed by atoms with Gasteiger partial charge in [0.1, 0.15) is 0 Å². The average Bonchev–Trinajstić information content (AvgIpc) is 2.64. The molecule has 5 heteroatoms. The largest absolute Gasteiger partial charge is 0.622 e. The minimum atomic E-state index is -0.326. The van der Waals surface area contributed by atoms with Gasteiger partial charge in [-0.1, -0.05) is 36.0 Å². The van der Waals surface area contributed by atoms with E-state index in [1.807, 2.05) is 36.4 Å². The SMILES string of the molecule is CN1CCN(CCC[N+]2([O-])c3ccccc3Sc3ccccc32)CC1. The van der Waals surface area contributed by atoms with Gasteiger partial charge in [-0.05, 0) is 19.2 Å². The third kappa shape index (κ3) is 3.35. The monoisotopic (exact) mass is 355 g/mol. The van der Waals surface area contributed by atoms with Gasteiger partial charge in [0.15, 0.2) is 11.4 Å². The van der Waals surface area contributed by atoms with Gasteiger partial charge in [-0.2, -0.15) is 0 Å². The van der Waals surface area contributed by atoms with Crippen molar-refractivity contribution in [3.05, 3.63) is 53.7 Å². The number of benzene rings is 2. The maximum Gasteiger partial charge on any atom is 0.152 e. The molecule has 0 N–H and O–H groups in total. The van der Waals surface area contributed by atoms with Crippen molar-refractivity contribution in [2.24, 2.45) is 0 Å². The predicted octanol–water partition coefficient (Wildman–Crippen LogP) is 3.93. The first-order valence-electron chi connectivity index (χ1n) is 9.04. The molecule has 132 valence electrons. The van der Waals surface area contributed by atoms with E-state index in [4.69, 9.17) is 0 Å². The lowest BCUT2D eigenvalue weighted by Crippen LogP contribution is -2.46. The molecule has 0 spiro atoms. The molecule has 0 amide bonds. The van der Waals surface area contributed by atoms with Crippen LogP contribution in [-0.4, -0.2) is 56.1 Å². The number of hydrogen-bond acceptors (Lipinski definition) is 4. The predicted molar refractivity (Wildman–Crippen MR) is 105 cm³/mol. The van der Waals surface area contributed by atoms with Gasteiger partial charge in [0.25, 0.3) is 0 Å². The lowest BCUT2D eigenvalue weighted by atomic mass is 10.2. The molecule has 2 aliphatic heterocycles. The van der Waals surface area contributed by atoms with Crippen molar-refractivity contribution in [3.63, 3.8) is 0 Å². The Morgan fingerprint density at radius 3 is 2.08 bits per heavy atom. The minimum Gasteiger partial charge on any atom is -0.622 e. The Kier molecular flexibility index (Phi) is 4.84. The van der Waals surface area contributed by atoms with Gasteiger partial charge in [-0.3, -0.25) is 4.65 Å². The molecule has 0 atom stereocenters. The van der Waals surface area contributed by atoms with Gasteiger partial charge in [0.2, 0.25) is 0 Å². The molecule has 1 saturated heterocycles. The Bertz CT molecular complexity index is 698. The topological polar surface area (TPSA) is 29.5 Å². The molecule has 2 heterocycles. The Labute approximate surface area is 154 Å². The van der Waals surface area contributed by atoms with Gasteiger partial charge in [-0.15, -0.1) is 0 Å². The van der Waals surface area contributed by atoms with Crippen molar-refractivity contribution in [1.29, 1.82) is 0 Å². The number of nitrogens with zero attached hydrogens (tertiary/aromatic N) is 3. The maximum atomic E-state index is 14.0. The Morgan fingerprint density at radius 1 is 0.920 bits per heavy atom. The van der Waals surface area contributed by atoms with Crippen LogP contribution in [-0.2, 0) is 0 Å². The lowest BCUT2D eigenvalue weighted by Gasteiger charge is -2.46. The van der Waals surface area contributed by atoms with Crippen LogP contribution in [0, 0.1) is 5.21 Å². The van der Waals surface area contributed by atoms with Gasteiger partial charge in [0.05, 0.1) is 16.3 Å². The molecule has 25 heavy (non-hydrogen) atoms. The van der Waals surface area contributed by atoms with Crippen molar-refractivity contribution in [2.75, 3.05) is 46.3 Å². The van der Waals surface area contributed by atoms with E-state index in [0.29, 0.717) is 6.54 Å². The highest BCUT2D eigenvalue weighted by Crippen LogP contribution is 2.51. The average molecular weight is 356 g/mol. The summed E-state index contributed by atoms with van der Waals surface area (Å²) in [6.45, 7) is 6.07. The molecule has 0 aromatic heterocycles. The van der Waals surface area contributed by atoms with Gasteiger partial charge < -0.3 is 15.0 Å². The van der Waals surface area contributed by atoms with E-state index in [0.717, 1.165) is 60.3 Å². The summed E-state index contributed by atoms with van der Waals surface area (Å²) >= 11 is 1.71. The number of fused-ring (bicyclic) bond motifs is 2. The smallest absolute Gasteiger partial charge is 0.152 e. The van der Waals surface area contributed by atoms with Gasteiger partial charge >= 0.3 is 0 Å². The van der Waals surface area contributed by atoms with E-state index in [1.54, 1.807) is 11.8 Å². The molecule has 0 bridgehead atoms. The van der Waals surface area contributed by atoms with Crippen LogP contribution >= 0.6 is 11.8 Å². The molecule has 2 aliphatic rings. The number of rotatable bonds is 4. The van der Waals surface area contributed by atoms with E-state index < -0.39 is 0 Å². The van der Waals surface area contributed by atoms with Crippen molar-refractivity contribution >= 4 is 23.1 Å². The van der Waals surface area contributed by atoms with E-state index in [2.05, 4.69) is 29.0 Å². The zero-order chi connectivity index (χ0) is 17.3. The summed E-state index contributed by atoms with van der Waals surface area (Å²) in [5.41, 5.74) is 1.79. The normalized spacial score (nSPS) is 20.1. The van der Waals surface area contributed by atoms with E-state index in [1.165, 1.54) is 0 Å². The van der Waals surface area contributed by atoms with Crippen molar-refractivity contribution in [3.8, 4) is 0 Å². The van der Waals surface area contributed by atoms with Crippen molar-refractivity contribution in [1.82, 2.24) is 14.4 Å². The number of quaternary nitrogens is 1. The van der Waals surface area contributed by atoms with E-state index >= 15 is 0 Å². The highest BCUT2D eigenvalue weighted by atomic mass is 32.2. The number of hydrogen-bond donors (Lipinski definition) is 0. The van der Waals surface area contributed by atoms with Crippen LogP contribution in [0.3, 0.4) is 0 Å². The number of piperazine rings is 1. The minimum absolute atomic E-state index is 0.326. The first-order valence-corrected chi connectivity index (χ1v) is 9.85. The molecule has 0 aliphatic carbocycles. The fraction of sp³-hybridized carbons (Fsp3) is 0.400.